The van der Waals surface area contributed by atoms with E-state index in [1.165, 1.54) is 30.3 Å². The molecule has 1 aliphatic carbocycles. The summed E-state index contributed by atoms with van der Waals surface area (Å²) >= 11 is 0. The molecule has 1 aromatic carbocycles. The number of anilines is 1. The molecule has 1 aliphatic rings. The second-order valence-electron chi connectivity index (χ2n) is 8.17. The maximum absolute atomic E-state index is 4.39. The van der Waals surface area contributed by atoms with E-state index in [9.17, 15) is 0 Å². The summed E-state index contributed by atoms with van der Waals surface area (Å²) in [4.78, 5) is 4.39. The SMILES string of the molecule is CC1(C)CC(Nc2ccc3ncccc3c2)CC(C)(C)C1. The highest BCUT2D eigenvalue weighted by atomic mass is 14.9. The standard InChI is InChI=1S/C19H26N2/c1-18(2)11-16(12-19(3,4)13-18)21-15-7-8-17-14(10-15)6-5-9-20-17/h5-10,16,21H,11-13H2,1-4H3. The van der Waals surface area contributed by atoms with E-state index < -0.39 is 0 Å². The molecule has 0 saturated heterocycles. The average molecular weight is 282 g/mol. The lowest BCUT2D eigenvalue weighted by molar-refractivity contribution is 0.105. The van der Waals surface area contributed by atoms with Crippen molar-refractivity contribution in [1.82, 2.24) is 4.98 Å². The second-order valence-corrected chi connectivity index (χ2v) is 8.17. The molecule has 3 rings (SSSR count). The van der Waals surface area contributed by atoms with Gasteiger partial charge in [0.15, 0.2) is 0 Å². The molecule has 1 N–H and O–H groups in total. The van der Waals surface area contributed by atoms with Crippen LogP contribution in [0.1, 0.15) is 47.0 Å². The van der Waals surface area contributed by atoms with Gasteiger partial charge in [0.2, 0.25) is 0 Å². The molecular weight excluding hydrogens is 256 g/mol. The Morgan fingerprint density at radius 1 is 1.05 bits per heavy atom. The van der Waals surface area contributed by atoms with Gasteiger partial charge in [0.1, 0.15) is 0 Å². The van der Waals surface area contributed by atoms with Crippen LogP contribution < -0.4 is 5.32 Å². The number of nitrogens with one attached hydrogen (secondary N) is 1. The van der Waals surface area contributed by atoms with E-state index in [0.717, 1.165) is 5.52 Å². The zero-order valence-electron chi connectivity index (χ0n) is 13.6. The first kappa shape index (κ1) is 14.4. The zero-order chi connectivity index (χ0) is 15.1. The van der Waals surface area contributed by atoms with Gasteiger partial charge in [0.25, 0.3) is 0 Å². The van der Waals surface area contributed by atoms with E-state index in [2.05, 4.69) is 62.3 Å². The fourth-order valence-electron chi connectivity index (χ4n) is 4.35. The Balaban J connectivity index is 1.81. The lowest BCUT2D eigenvalue weighted by atomic mass is 9.63. The van der Waals surface area contributed by atoms with Crippen molar-refractivity contribution in [1.29, 1.82) is 0 Å². The van der Waals surface area contributed by atoms with Crippen LogP contribution in [-0.4, -0.2) is 11.0 Å². The van der Waals surface area contributed by atoms with Gasteiger partial charge in [0, 0.05) is 23.3 Å². The van der Waals surface area contributed by atoms with Crippen LogP contribution in [0.5, 0.6) is 0 Å². The Morgan fingerprint density at radius 3 is 2.48 bits per heavy atom. The van der Waals surface area contributed by atoms with Crippen molar-refractivity contribution in [2.75, 3.05) is 5.32 Å². The molecule has 0 unspecified atom stereocenters. The van der Waals surface area contributed by atoms with Gasteiger partial charge in [-0.25, -0.2) is 0 Å². The third-order valence-electron chi connectivity index (χ3n) is 4.53. The quantitative estimate of drug-likeness (QED) is 0.813. The fraction of sp³-hybridized carbons (Fsp3) is 0.526. The van der Waals surface area contributed by atoms with E-state index in [1.807, 2.05) is 12.3 Å². The fourth-order valence-corrected chi connectivity index (χ4v) is 4.35. The molecule has 0 amide bonds. The molecule has 21 heavy (non-hydrogen) atoms. The topological polar surface area (TPSA) is 24.9 Å². The van der Waals surface area contributed by atoms with Crippen LogP contribution in [0.15, 0.2) is 36.5 Å². The summed E-state index contributed by atoms with van der Waals surface area (Å²) in [7, 11) is 0. The van der Waals surface area contributed by atoms with Gasteiger partial charge in [-0.2, -0.15) is 0 Å². The van der Waals surface area contributed by atoms with Crippen molar-refractivity contribution in [3.8, 4) is 0 Å². The molecule has 2 heteroatoms. The summed E-state index contributed by atoms with van der Waals surface area (Å²) in [5.74, 6) is 0. The van der Waals surface area contributed by atoms with Crippen molar-refractivity contribution < 1.29 is 0 Å². The highest BCUT2D eigenvalue weighted by Gasteiger charge is 2.38. The van der Waals surface area contributed by atoms with Crippen molar-refractivity contribution >= 4 is 16.6 Å². The summed E-state index contributed by atoms with van der Waals surface area (Å²) in [6.07, 6.45) is 5.63. The summed E-state index contributed by atoms with van der Waals surface area (Å²) in [5, 5.41) is 4.96. The number of pyridine rings is 1. The highest BCUT2D eigenvalue weighted by molar-refractivity contribution is 5.82. The minimum Gasteiger partial charge on any atom is -0.382 e. The molecule has 1 aromatic heterocycles. The Labute approximate surface area is 128 Å². The number of hydrogen-bond donors (Lipinski definition) is 1. The number of fused-ring (bicyclic) bond motifs is 1. The monoisotopic (exact) mass is 282 g/mol. The normalized spacial score (nSPS) is 21.3. The molecule has 0 atom stereocenters. The smallest absolute Gasteiger partial charge is 0.0703 e. The second kappa shape index (κ2) is 5.01. The lowest BCUT2D eigenvalue weighted by Crippen LogP contribution is -2.40. The molecule has 2 aromatic rings. The molecule has 1 saturated carbocycles. The Bertz CT molecular complexity index is 627. The van der Waals surface area contributed by atoms with E-state index in [0.29, 0.717) is 16.9 Å². The number of nitrogens with zero attached hydrogens (tertiary/aromatic N) is 1. The van der Waals surface area contributed by atoms with Crippen molar-refractivity contribution in [2.24, 2.45) is 10.8 Å². The summed E-state index contributed by atoms with van der Waals surface area (Å²) in [6.45, 7) is 9.58. The predicted molar refractivity (Wildman–Crippen MR) is 90.6 cm³/mol. The Kier molecular flexibility index (Phi) is 3.43. The molecule has 1 fully saturated rings. The third kappa shape index (κ3) is 3.37. The third-order valence-corrected chi connectivity index (χ3v) is 4.53. The summed E-state index contributed by atoms with van der Waals surface area (Å²) < 4.78 is 0. The van der Waals surface area contributed by atoms with Gasteiger partial charge in [-0.3, -0.25) is 4.98 Å². The molecule has 0 spiro atoms. The predicted octanol–water partition coefficient (Wildman–Crippen LogP) is 5.25. The van der Waals surface area contributed by atoms with Crippen LogP contribution in [0, 0.1) is 10.8 Å². The van der Waals surface area contributed by atoms with Crippen LogP contribution in [0.2, 0.25) is 0 Å². The van der Waals surface area contributed by atoms with E-state index >= 15 is 0 Å². The molecule has 112 valence electrons. The van der Waals surface area contributed by atoms with Crippen LogP contribution in [-0.2, 0) is 0 Å². The van der Waals surface area contributed by atoms with E-state index in [-0.39, 0.29) is 0 Å². The van der Waals surface area contributed by atoms with Gasteiger partial charge in [0.05, 0.1) is 5.52 Å². The maximum Gasteiger partial charge on any atom is 0.0703 e. The van der Waals surface area contributed by atoms with E-state index in [1.54, 1.807) is 0 Å². The largest absolute Gasteiger partial charge is 0.382 e. The molecule has 0 aliphatic heterocycles. The number of hydrogen-bond acceptors (Lipinski definition) is 2. The van der Waals surface area contributed by atoms with Crippen molar-refractivity contribution in [2.45, 2.75) is 53.0 Å². The molecule has 0 bridgehead atoms. The van der Waals surface area contributed by atoms with Gasteiger partial charge in [-0.15, -0.1) is 0 Å². The van der Waals surface area contributed by atoms with Crippen molar-refractivity contribution in [3.05, 3.63) is 36.5 Å². The van der Waals surface area contributed by atoms with Crippen molar-refractivity contribution in [3.63, 3.8) is 0 Å². The van der Waals surface area contributed by atoms with Crippen LogP contribution in [0.4, 0.5) is 5.69 Å². The Hall–Kier alpha value is -1.57. The van der Waals surface area contributed by atoms with Crippen LogP contribution >= 0.6 is 0 Å². The first-order valence-electron chi connectivity index (χ1n) is 7.94. The lowest BCUT2D eigenvalue weighted by Gasteiger charge is -2.45. The van der Waals surface area contributed by atoms with E-state index in [4.69, 9.17) is 0 Å². The number of aromatic nitrogens is 1. The number of benzene rings is 1. The average Bonchev–Trinajstić information content (AvgIpc) is 2.34. The zero-order valence-corrected chi connectivity index (χ0v) is 13.6. The van der Waals surface area contributed by atoms with Gasteiger partial charge in [-0.05, 0) is 54.4 Å². The van der Waals surface area contributed by atoms with Gasteiger partial charge in [-0.1, -0.05) is 33.8 Å². The molecule has 2 nitrogen and oxygen atoms in total. The van der Waals surface area contributed by atoms with Crippen LogP contribution in [0.25, 0.3) is 10.9 Å². The highest BCUT2D eigenvalue weighted by Crippen LogP contribution is 2.46. The van der Waals surface area contributed by atoms with Crippen LogP contribution in [0.3, 0.4) is 0 Å². The minimum absolute atomic E-state index is 0.415. The first-order valence-corrected chi connectivity index (χ1v) is 7.94. The Morgan fingerprint density at radius 2 is 1.76 bits per heavy atom. The number of rotatable bonds is 2. The molecule has 0 radical (unpaired) electrons. The van der Waals surface area contributed by atoms with Gasteiger partial charge < -0.3 is 5.32 Å². The first-order chi connectivity index (χ1) is 9.83. The summed E-state index contributed by atoms with van der Waals surface area (Å²) in [6, 6.07) is 11.2. The minimum atomic E-state index is 0.415. The molecule has 1 heterocycles. The maximum atomic E-state index is 4.39. The van der Waals surface area contributed by atoms with Gasteiger partial charge >= 0.3 is 0 Å². The summed E-state index contributed by atoms with van der Waals surface area (Å²) in [5.41, 5.74) is 3.11. The molecular formula is C19H26N2.